The summed E-state index contributed by atoms with van der Waals surface area (Å²) in [7, 11) is 0. The predicted molar refractivity (Wildman–Crippen MR) is 113 cm³/mol. The van der Waals surface area contributed by atoms with E-state index in [9.17, 15) is 9.50 Å². The van der Waals surface area contributed by atoms with Crippen LogP contribution >= 0.6 is 24.0 Å². The van der Waals surface area contributed by atoms with Crippen LogP contribution in [0.3, 0.4) is 0 Å². The molecule has 1 aromatic carbocycles. The zero-order chi connectivity index (χ0) is 18.3. The van der Waals surface area contributed by atoms with Gasteiger partial charge in [0.25, 0.3) is 0 Å². The van der Waals surface area contributed by atoms with Crippen molar-refractivity contribution in [2.24, 2.45) is 4.99 Å². The molecule has 0 fully saturated rings. The molecule has 0 amide bonds. The van der Waals surface area contributed by atoms with Crippen LogP contribution in [0.15, 0.2) is 23.2 Å². The lowest BCUT2D eigenvalue weighted by molar-refractivity contribution is 0.0487. The summed E-state index contributed by atoms with van der Waals surface area (Å²) in [4.78, 5) is 4.39. The molecule has 6 nitrogen and oxygen atoms in total. The number of benzene rings is 1. The molecule has 0 atom stereocenters. The van der Waals surface area contributed by atoms with Crippen molar-refractivity contribution < 1.29 is 19.0 Å². The van der Waals surface area contributed by atoms with Crippen LogP contribution in [-0.2, 0) is 16.0 Å². The van der Waals surface area contributed by atoms with E-state index in [1.807, 2.05) is 6.92 Å². The van der Waals surface area contributed by atoms with Crippen molar-refractivity contribution in [1.29, 1.82) is 0 Å². The number of aliphatic imine (C=N–C) groups is 1. The Bertz CT molecular complexity index is 518. The molecule has 0 aliphatic heterocycles. The average molecular weight is 483 g/mol. The Morgan fingerprint density at radius 3 is 2.50 bits per heavy atom. The smallest absolute Gasteiger partial charge is 0.191 e. The molecule has 0 unspecified atom stereocenters. The van der Waals surface area contributed by atoms with Crippen molar-refractivity contribution in [2.75, 3.05) is 39.5 Å². The standard InChI is InChI=1S/C18H30FN3O3.HI/c1-3-5-9-24-11-12-25-10-8-21-18(20-4-2)22-14-15-6-7-17(23)16(19)13-15;/h6-7,13,23H,3-5,8-12,14H2,1-2H3,(H2,20,21,22);1H. The highest BCUT2D eigenvalue weighted by atomic mass is 127. The third-order valence-electron chi connectivity index (χ3n) is 3.33. The minimum absolute atomic E-state index is 0. The summed E-state index contributed by atoms with van der Waals surface area (Å²) >= 11 is 0. The molecule has 1 aromatic rings. The van der Waals surface area contributed by atoms with E-state index in [0.29, 0.717) is 44.4 Å². The zero-order valence-corrected chi connectivity index (χ0v) is 17.9. The highest BCUT2D eigenvalue weighted by molar-refractivity contribution is 14.0. The maximum absolute atomic E-state index is 13.3. The fourth-order valence-corrected chi connectivity index (χ4v) is 1.97. The van der Waals surface area contributed by atoms with Crippen molar-refractivity contribution in [3.8, 4) is 5.75 Å². The van der Waals surface area contributed by atoms with Gasteiger partial charge in [0.15, 0.2) is 17.5 Å². The second-order valence-electron chi connectivity index (χ2n) is 5.49. The van der Waals surface area contributed by atoms with Crippen LogP contribution in [0, 0.1) is 5.82 Å². The Kier molecular flexibility index (Phi) is 15.4. The lowest BCUT2D eigenvalue weighted by atomic mass is 10.2. The number of nitrogens with one attached hydrogen (secondary N) is 2. The monoisotopic (exact) mass is 483 g/mol. The molecule has 3 N–H and O–H groups in total. The summed E-state index contributed by atoms with van der Waals surface area (Å²) in [6.45, 7) is 8.29. The first kappa shape index (κ1) is 24.9. The second-order valence-corrected chi connectivity index (χ2v) is 5.49. The molecule has 8 heteroatoms. The summed E-state index contributed by atoms with van der Waals surface area (Å²) in [6.07, 6.45) is 2.21. The van der Waals surface area contributed by atoms with Crippen molar-refractivity contribution in [1.82, 2.24) is 10.6 Å². The van der Waals surface area contributed by atoms with Gasteiger partial charge >= 0.3 is 0 Å². The summed E-state index contributed by atoms with van der Waals surface area (Å²) in [5.41, 5.74) is 0.688. The van der Waals surface area contributed by atoms with Gasteiger partial charge in [0.1, 0.15) is 0 Å². The number of unbranched alkanes of at least 4 members (excludes halogenated alkanes) is 1. The minimum Gasteiger partial charge on any atom is -0.505 e. The fraction of sp³-hybridized carbons (Fsp3) is 0.611. The van der Waals surface area contributed by atoms with Crippen LogP contribution in [0.1, 0.15) is 32.3 Å². The van der Waals surface area contributed by atoms with Crippen molar-refractivity contribution in [3.63, 3.8) is 0 Å². The first-order chi connectivity index (χ1) is 12.2. The topological polar surface area (TPSA) is 75.1 Å². The van der Waals surface area contributed by atoms with Gasteiger partial charge in [0, 0.05) is 19.7 Å². The largest absolute Gasteiger partial charge is 0.505 e. The molecule has 26 heavy (non-hydrogen) atoms. The zero-order valence-electron chi connectivity index (χ0n) is 15.6. The molecule has 0 aliphatic rings. The molecule has 0 saturated carbocycles. The maximum Gasteiger partial charge on any atom is 0.191 e. The van der Waals surface area contributed by atoms with Gasteiger partial charge < -0.3 is 25.2 Å². The van der Waals surface area contributed by atoms with Gasteiger partial charge in [-0.3, -0.25) is 0 Å². The number of hydrogen-bond acceptors (Lipinski definition) is 4. The van der Waals surface area contributed by atoms with Crippen molar-refractivity contribution >= 4 is 29.9 Å². The maximum atomic E-state index is 13.3. The molecule has 0 radical (unpaired) electrons. The SMILES string of the molecule is CCCCOCCOCCNC(=NCc1ccc(O)c(F)c1)NCC.I. The number of phenols is 1. The predicted octanol–water partition coefficient (Wildman–Crippen LogP) is 3.04. The number of guanidine groups is 1. The Morgan fingerprint density at radius 2 is 1.85 bits per heavy atom. The third kappa shape index (κ3) is 11.5. The molecular weight excluding hydrogens is 452 g/mol. The van der Waals surface area contributed by atoms with Crippen molar-refractivity contribution in [2.45, 2.75) is 33.2 Å². The van der Waals surface area contributed by atoms with E-state index < -0.39 is 5.82 Å². The van der Waals surface area contributed by atoms with Crippen LogP contribution in [0.4, 0.5) is 4.39 Å². The first-order valence-corrected chi connectivity index (χ1v) is 8.82. The van der Waals surface area contributed by atoms with Gasteiger partial charge in [-0.05, 0) is 31.0 Å². The number of ether oxygens (including phenoxy) is 2. The molecule has 0 heterocycles. The molecule has 0 saturated heterocycles. The second kappa shape index (κ2) is 16.1. The average Bonchev–Trinajstić information content (AvgIpc) is 2.61. The Balaban J connectivity index is 0.00000625. The Hall–Kier alpha value is -1.13. The van der Waals surface area contributed by atoms with Crippen LogP contribution in [-0.4, -0.2) is 50.6 Å². The summed E-state index contributed by atoms with van der Waals surface area (Å²) < 4.78 is 24.2. The number of halogens is 2. The summed E-state index contributed by atoms with van der Waals surface area (Å²) in [5, 5.41) is 15.5. The van der Waals surface area contributed by atoms with Gasteiger partial charge in [0.2, 0.25) is 0 Å². The van der Waals surface area contributed by atoms with Gasteiger partial charge in [-0.1, -0.05) is 19.4 Å². The van der Waals surface area contributed by atoms with E-state index in [0.717, 1.165) is 26.0 Å². The minimum atomic E-state index is -0.639. The number of phenolic OH excluding ortho intramolecular Hbond substituents is 1. The van der Waals surface area contributed by atoms with Crippen LogP contribution in [0.5, 0.6) is 5.75 Å². The van der Waals surface area contributed by atoms with Crippen LogP contribution in [0.25, 0.3) is 0 Å². The number of nitrogens with zero attached hydrogens (tertiary/aromatic N) is 1. The quantitative estimate of drug-likeness (QED) is 0.185. The van der Waals surface area contributed by atoms with E-state index in [1.165, 1.54) is 12.1 Å². The highest BCUT2D eigenvalue weighted by Gasteiger charge is 2.02. The summed E-state index contributed by atoms with van der Waals surface area (Å²) in [5.74, 6) is -0.354. The third-order valence-corrected chi connectivity index (χ3v) is 3.33. The molecule has 150 valence electrons. The van der Waals surface area contributed by atoms with E-state index >= 15 is 0 Å². The molecular formula is C18H31FIN3O3. The molecule has 0 bridgehead atoms. The molecule has 0 spiro atoms. The molecule has 0 aromatic heterocycles. The molecule has 0 aliphatic carbocycles. The Morgan fingerprint density at radius 1 is 1.12 bits per heavy atom. The summed E-state index contributed by atoms with van der Waals surface area (Å²) in [6, 6.07) is 4.26. The van der Waals surface area contributed by atoms with Gasteiger partial charge in [-0.25, -0.2) is 9.38 Å². The van der Waals surface area contributed by atoms with Gasteiger partial charge in [-0.15, -0.1) is 24.0 Å². The highest BCUT2D eigenvalue weighted by Crippen LogP contribution is 2.16. The number of rotatable bonds is 12. The fourth-order valence-electron chi connectivity index (χ4n) is 1.97. The van der Waals surface area contributed by atoms with Gasteiger partial charge in [-0.2, -0.15) is 0 Å². The van der Waals surface area contributed by atoms with E-state index in [-0.39, 0.29) is 29.7 Å². The Labute approximate surface area is 172 Å². The lowest BCUT2D eigenvalue weighted by Gasteiger charge is -2.12. The van der Waals surface area contributed by atoms with E-state index in [1.54, 1.807) is 6.07 Å². The van der Waals surface area contributed by atoms with Crippen LogP contribution in [0.2, 0.25) is 0 Å². The first-order valence-electron chi connectivity index (χ1n) is 8.82. The van der Waals surface area contributed by atoms with Gasteiger partial charge in [0.05, 0.1) is 26.4 Å². The van der Waals surface area contributed by atoms with E-state index in [2.05, 4.69) is 22.5 Å². The molecule has 1 rings (SSSR count). The van der Waals surface area contributed by atoms with E-state index in [4.69, 9.17) is 9.47 Å². The van der Waals surface area contributed by atoms with Crippen LogP contribution < -0.4 is 10.6 Å². The number of aromatic hydroxyl groups is 1. The van der Waals surface area contributed by atoms with Crippen molar-refractivity contribution in [3.05, 3.63) is 29.6 Å². The lowest BCUT2D eigenvalue weighted by Crippen LogP contribution is -2.39. The number of hydrogen-bond donors (Lipinski definition) is 3. The normalized spacial score (nSPS) is 11.1.